The largest absolute Gasteiger partial charge is 0.463 e. The number of esters is 1. The van der Waals surface area contributed by atoms with Crippen LogP contribution in [0.25, 0.3) is 0 Å². The quantitative estimate of drug-likeness (QED) is 0.695. The number of carbonyl (C=O) groups is 2. The number of halogens is 1. The molecule has 0 unspecified atom stereocenters. The van der Waals surface area contributed by atoms with E-state index in [0.717, 1.165) is 5.56 Å². The first-order valence-electron chi connectivity index (χ1n) is 7.44. The summed E-state index contributed by atoms with van der Waals surface area (Å²) in [5.74, 6) is -0.429. The molecule has 0 radical (unpaired) electrons. The van der Waals surface area contributed by atoms with Crippen LogP contribution in [0.3, 0.4) is 0 Å². The first-order chi connectivity index (χ1) is 11.0. The lowest BCUT2D eigenvalue weighted by atomic mass is 10.1. The second-order valence-corrected chi connectivity index (χ2v) is 5.52. The predicted molar refractivity (Wildman–Crippen MR) is 88.1 cm³/mol. The molecule has 2 amide bonds. The number of urea groups is 1. The van der Waals surface area contributed by atoms with E-state index in [9.17, 15) is 9.59 Å². The van der Waals surface area contributed by atoms with Gasteiger partial charge in [0.05, 0.1) is 18.7 Å². The third kappa shape index (κ3) is 4.46. The maximum Gasteiger partial charge on any atom is 0.337 e. The van der Waals surface area contributed by atoms with Gasteiger partial charge in [0.25, 0.3) is 0 Å². The zero-order valence-corrected chi connectivity index (χ0v) is 13.9. The molecule has 0 saturated carbocycles. The van der Waals surface area contributed by atoms with Gasteiger partial charge in [0, 0.05) is 23.3 Å². The first-order valence-corrected chi connectivity index (χ1v) is 7.82. The topological polar surface area (TPSA) is 79.5 Å². The minimum atomic E-state index is -0.429. The molecule has 2 rings (SSSR count). The molecule has 6 nitrogen and oxygen atoms in total. The van der Waals surface area contributed by atoms with Crippen molar-refractivity contribution in [2.75, 3.05) is 19.7 Å². The molecule has 0 saturated heterocycles. The fourth-order valence-corrected chi connectivity index (χ4v) is 2.59. The van der Waals surface area contributed by atoms with Gasteiger partial charge in [-0.15, -0.1) is 0 Å². The van der Waals surface area contributed by atoms with E-state index in [0.29, 0.717) is 22.8 Å². The molecule has 124 valence electrons. The number of amides is 2. The molecule has 1 aromatic rings. The van der Waals surface area contributed by atoms with Crippen molar-refractivity contribution in [1.82, 2.24) is 16.0 Å². The van der Waals surface area contributed by atoms with Gasteiger partial charge in [-0.05, 0) is 25.5 Å². The zero-order chi connectivity index (χ0) is 16.8. The number of ether oxygens (including phenoxy) is 1. The van der Waals surface area contributed by atoms with E-state index < -0.39 is 5.97 Å². The summed E-state index contributed by atoms with van der Waals surface area (Å²) in [4.78, 5) is 23.5. The molecule has 0 fully saturated rings. The highest BCUT2D eigenvalue weighted by atomic mass is 35.5. The second-order valence-electron chi connectivity index (χ2n) is 5.11. The standard InChI is InChI=1S/C16H20ClN3O3/c1-3-23-15(21)12-8-19-16(22)20-14(12)9-18-10(2)11-6-4-5-7-13(11)17/h4-7,10,18H,3,8-9H2,1-2H3,(H2,19,20,22)/t10-/m0/s1. The molecule has 3 N–H and O–H groups in total. The van der Waals surface area contributed by atoms with Crippen molar-refractivity contribution in [3.63, 3.8) is 0 Å². The molecule has 0 bridgehead atoms. The smallest absolute Gasteiger partial charge is 0.337 e. The number of hydrogen-bond acceptors (Lipinski definition) is 4. The van der Waals surface area contributed by atoms with Gasteiger partial charge in [0.2, 0.25) is 0 Å². The van der Waals surface area contributed by atoms with E-state index in [1.54, 1.807) is 6.92 Å². The molecule has 1 aromatic carbocycles. The SMILES string of the molecule is CCOC(=O)C1=C(CN[C@@H](C)c2ccccc2Cl)NC(=O)NC1. The van der Waals surface area contributed by atoms with Crippen LogP contribution >= 0.6 is 11.6 Å². The van der Waals surface area contributed by atoms with E-state index in [-0.39, 0.29) is 25.2 Å². The lowest BCUT2D eigenvalue weighted by Crippen LogP contribution is -2.46. The molecule has 1 aliphatic heterocycles. The maximum absolute atomic E-state index is 12.0. The average Bonchev–Trinajstić information content (AvgIpc) is 2.53. The summed E-state index contributed by atoms with van der Waals surface area (Å²) in [6, 6.07) is 7.17. The Balaban J connectivity index is 2.10. The summed E-state index contributed by atoms with van der Waals surface area (Å²) in [6.45, 7) is 4.47. The Hall–Kier alpha value is -2.05. The summed E-state index contributed by atoms with van der Waals surface area (Å²) in [5, 5.41) is 9.17. The molecule has 0 aromatic heterocycles. The lowest BCUT2D eigenvalue weighted by Gasteiger charge is -2.23. The van der Waals surface area contributed by atoms with Gasteiger partial charge in [-0.3, -0.25) is 0 Å². The number of nitrogens with one attached hydrogen (secondary N) is 3. The van der Waals surface area contributed by atoms with Gasteiger partial charge in [-0.2, -0.15) is 0 Å². The molecule has 0 aliphatic carbocycles. The second kappa shape index (κ2) is 7.99. The highest BCUT2D eigenvalue weighted by molar-refractivity contribution is 6.31. The molecular weight excluding hydrogens is 318 g/mol. The predicted octanol–water partition coefficient (Wildman–Crippen LogP) is 2.12. The minimum absolute atomic E-state index is 0.0357. The van der Waals surface area contributed by atoms with Crippen molar-refractivity contribution < 1.29 is 14.3 Å². The zero-order valence-electron chi connectivity index (χ0n) is 13.1. The summed E-state index contributed by atoms with van der Waals surface area (Å²) in [7, 11) is 0. The van der Waals surface area contributed by atoms with Gasteiger partial charge < -0.3 is 20.7 Å². The van der Waals surface area contributed by atoms with Gasteiger partial charge in [-0.1, -0.05) is 29.8 Å². The van der Waals surface area contributed by atoms with Gasteiger partial charge in [0.15, 0.2) is 0 Å². The van der Waals surface area contributed by atoms with Crippen LogP contribution in [0.5, 0.6) is 0 Å². The number of rotatable bonds is 6. The molecule has 0 spiro atoms. The monoisotopic (exact) mass is 337 g/mol. The van der Waals surface area contributed by atoms with Crippen molar-refractivity contribution >= 4 is 23.6 Å². The maximum atomic E-state index is 12.0. The Kier molecular flexibility index (Phi) is 6.01. The van der Waals surface area contributed by atoms with Crippen molar-refractivity contribution in [2.24, 2.45) is 0 Å². The van der Waals surface area contributed by atoms with Gasteiger partial charge in [0.1, 0.15) is 0 Å². The Labute approximate surface area is 140 Å². The molecule has 1 aliphatic rings. The van der Waals surface area contributed by atoms with E-state index >= 15 is 0 Å². The van der Waals surface area contributed by atoms with Crippen LogP contribution in [0.15, 0.2) is 35.5 Å². The Morgan fingerprint density at radius 2 is 2.17 bits per heavy atom. The Bertz CT molecular complexity index is 631. The molecule has 1 heterocycles. The van der Waals surface area contributed by atoms with Crippen molar-refractivity contribution in [1.29, 1.82) is 0 Å². The van der Waals surface area contributed by atoms with E-state index in [2.05, 4.69) is 16.0 Å². The minimum Gasteiger partial charge on any atom is -0.463 e. The fourth-order valence-electron chi connectivity index (χ4n) is 2.29. The van der Waals surface area contributed by atoms with Crippen LogP contribution in [-0.2, 0) is 9.53 Å². The number of benzene rings is 1. The van der Waals surface area contributed by atoms with Crippen molar-refractivity contribution in [3.8, 4) is 0 Å². The van der Waals surface area contributed by atoms with Crippen molar-refractivity contribution in [2.45, 2.75) is 19.9 Å². The van der Waals surface area contributed by atoms with Crippen LogP contribution in [0.2, 0.25) is 5.02 Å². The summed E-state index contributed by atoms with van der Waals surface area (Å²) in [6.07, 6.45) is 0. The van der Waals surface area contributed by atoms with Crippen LogP contribution in [-0.4, -0.2) is 31.7 Å². The molecule has 1 atom stereocenters. The van der Waals surface area contributed by atoms with Crippen LogP contribution < -0.4 is 16.0 Å². The summed E-state index contributed by atoms with van der Waals surface area (Å²) in [5.41, 5.74) is 1.89. The Morgan fingerprint density at radius 1 is 1.43 bits per heavy atom. The average molecular weight is 338 g/mol. The van der Waals surface area contributed by atoms with Crippen LogP contribution in [0.1, 0.15) is 25.5 Å². The lowest BCUT2D eigenvalue weighted by molar-refractivity contribution is -0.138. The highest BCUT2D eigenvalue weighted by Gasteiger charge is 2.23. The third-order valence-corrected chi connectivity index (χ3v) is 3.88. The summed E-state index contributed by atoms with van der Waals surface area (Å²) < 4.78 is 5.02. The molecular formula is C16H20ClN3O3. The number of hydrogen-bond donors (Lipinski definition) is 3. The Morgan fingerprint density at radius 3 is 2.87 bits per heavy atom. The fraction of sp³-hybridized carbons (Fsp3) is 0.375. The van der Waals surface area contributed by atoms with Crippen LogP contribution in [0.4, 0.5) is 4.79 Å². The molecule has 7 heteroatoms. The highest BCUT2D eigenvalue weighted by Crippen LogP contribution is 2.22. The normalized spacial score (nSPS) is 15.7. The first kappa shape index (κ1) is 17.3. The van der Waals surface area contributed by atoms with E-state index in [1.165, 1.54) is 0 Å². The molecule has 23 heavy (non-hydrogen) atoms. The van der Waals surface area contributed by atoms with Crippen molar-refractivity contribution in [3.05, 3.63) is 46.1 Å². The summed E-state index contributed by atoms with van der Waals surface area (Å²) >= 11 is 6.18. The third-order valence-electron chi connectivity index (χ3n) is 3.53. The van der Waals surface area contributed by atoms with Gasteiger partial charge in [-0.25, -0.2) is 9.59 Å². The van der Waals surface area contributed by atoms with E-state index in [1.807, 2.05) is 31.2 Å². The van der Waals surface area contributed by atoms with E-state index in [4.69, 9.17) is 16.3 Å². The van der Waals surface area contributed by atoms with Crippen LogP contribution in [0, 0.1) is 0 Å². The number of carbonyl (C=O) groups excluding carboxylic acids is 2. The van der Waals surface area contributed by atoms with Gasteiger partial charge >= 0.3 is 12.0 Å².